The van der Waals surface area contributed by atoms with Crippen LogP contribution >= 0.6 is 0 Å². The molecule has 1 heterocycles. The summed E-state index contributed by atoms with van der Waals surface area (Å²) in [4.78, 5) is 5.45. The van der Waals surface area contributed by atoms with Gasteiger partial charge in [-0.2, -0.15) is 0 Å². The second-order valence-corrected chi connectivity index (χ2v) is 16.1. The molecule has 2 heteroatoms. The van der Waals surface area contributed by atoms with Crippen molar-refractivity contribution in [1.82, 2.24) is 9.80 Å². The van der Waals surface area contributed by atoms with Crippen molar-refractivity contribution in [3.8, 4) is 0 Å². The van der Waals surface area contributed by atoms with Crippen LogP contribution < -0.4 is 0 Å². The van der Waals surface area contributed by atoms with Crippen molar-refractivity contribution in [2.24, 2.45) is 0 Å². The van der Waals surface area contributed by atoms with E-state index < -0.39 is 0 Å². The van der Waals surface area contributed by atoms with Crippen molar-refractivity contribution in [1.29, 1.82) is 0 Å². The van der Waals surface area contributed by atoms with Crippen LogP contribution in [0.15, 0.2) is 12.4 Å². The van der Waals surface area contributed by atoms with E-state index in [0.717, 1.165) is 0 Å². The van der Waals surface area contributed by atoms with Crippen molar-refractivity contribution in [3.63, 3.8) is 0 Å². The lowest BCUT2D eigenvalue weighted by molar-refractivity contribution is 0.135. The van der Waals surface area contributed by atoms with Crippen molar-refractivity contribution in [3.05, 3.63) is 12.4 Å². The number of hydrogen-bond donors (Lipinski definition) is 0. The van der Waals surface area contributed by atoms with E-state index in [1.54, 1.807) is 0 Å². The van der Waals surface area contributed by atoms with E-state index in [0.29, 0.717) is 6.17 Å². The van der Waals surface area contributed by atoms with Gasteiger partial charge in [0.05, 0.1) is 0 Å². The van der Waals surface area contributed by atoms with Gasteiger partial charge < -0.3 is 9.80 Å². The lowest BCUT2D eigenvalue weighted by Crippen LogP contribution is -2.39. The Hall–Kier alpha value is -0.660. The number of nitrogens with zero attached hydrogens (tertiary/aromatic N) is 2. The Kier molecular flexibility index (Phi) is 35.5. The van der Waals surface area contributed by atoms with E-state index in [2.05, 4.69) is 43.0 Å². The Bertz CT molecular complexity index is 630. The Balaban J connectivity index is 2.12. The minimum atomic E-state index is 0.638. The number of rotatable bonds is 40. The molecule has 0 N–H and O–H groups in total. The lowest BCUT2D eigenvalue weighted by atomic mass is 10.0. The Morgan fingerprint density at radius 3 is 0.729 bits per heavy atom. The molecule has 0 fully saturated rings. The molecule has 0 aromatic heterocycles. The average Bonchev–Trinajstić information content (AvgIpc) is 3.48. The first kappa shape index (κ1) is 45.4. The van der Waals surface area contributed by atoms with Crippen LogP contribution in [0.4, 0.5) is 0 Å². The maximum atomic E-state index is 2.73. The SMILES string of the molecule is CCCCCCCCCCCCCCCCCCN1C=CN(CCCCCCCC)C1CCCCCCCCCCCCCCCCC. The number of unbranched alkanes of at least 4 members (excludes halogenated alkanes) is 34. The van der Waals surface area contributed by atoms with Gasteiger partial charge in [-0.25, -0.2) is 0 Å². The highest BCUT2D eigenvalue weighted by atomic mass is 15.4. The molecular formula is C46H92N2. The minimum Gasteiger partial charge on any atom is -0.356 e. The van der Waals surface area contributed by atoms with E-state index in [1.807, 2.05) is 0 Å². The van der Waals surface area contributed by atoms with Crippen LogP contribution in [0, 0.1) is 0 Å². The molecule has 0 radical (unpaired) electrons. The zero-order chi connectivity index (χ0) is 34.4. The second-order valence-electron chi connectivity index (χ2n) is 16.1. The summed E-state index contributed by atoms with van der Waals surface area (Å²) in [5.41, 5.74) is 0. The predicted octanol–water partition coefficient (Wildman–Crippen LogP) is 16.3. The molecular weight excluding hydrogens is 581 g/mol. The van der Waals surface area contributed by atoms with Crippen LogP contribution in [0.3, 0.4) is 0 Å². The van der Waals surface area contributed by atoms with Crippen molar-refractivity contribution >= 4 is 0 Å². The van der Waals surface area contributed by atoms with Gasteiger partial charge in [-0.1, -0.05) is 239 Å². The summed E-state index contributed by atoms with van der Waals surface area (Å²) in [6.07, 6.45) is 60.4. The highest BCUT2D eigenvalue weighted by molar-refractivity contribution is 4.97. The van der Waals surface area contributed by atoms with Gasteiger partial charge in [0, 0.05) is 25.5 Å². The Morgan fingerprint density at radius 1 is 0.271 bits per heavy atom. The van der Waals surface area contributed by atoms with Crippen LogP contribution in [0.5, 0.6) is 0 Å². The maximum absolute atomic E-state index is 2.73. The highest BCUT2D eigenvalue weighted by Gasteiger charge is 2.24. The molecule has 1 unspecified atom stereocenters. The quantitative estimate of drug-likeness (QED) is 0.0598. The topological polar surface area (TPSA) is 6.48 Å². The van der Waals surface area contributed by atoms with Crippen LogP contribution in [-0.4, -0.2) is 29.1 Å². The summed E-state index contributed by atoms with van der Waals surface area (Å²) >= 11 is 0. The molecule has 0 bridgehead atoms. The molecule has 0 spiro atoms. The van der Waals surface area contributed by atoms with Gasteiger partial charge in [0.25, 0.3) is 0 Å². The highest BCUT2D eigenvalue weighted by Crippen LogP contribution is 2.24. The normalized spacial score (nSPS) is 14.6. The van der Waals surface area contributed by atoms with Crippen LogP contribution in [0.25, 0.3) is 0 Å². The maximum Gasteiger partial charge on any atom is 0.101 e. The fourth-order valence-electron chi connectivity index (χ4n) is 7.95. The summed E-state index contributed by atoms with van der Waals surface area (Å²) in [7, 11) is 0. The van der Waals surface area contributed by atoms with Gasteiger partial charge in [0.1, 0.15) is 6.17 Å². The van der Waals surface area contributed by atoms with E-state index in [-0.39, 0.29) is 0 Å². The summed E-state index contributed by atoms with van der Waals surface area (Å²) in [5.74, 6) is 0. The van der Waals surface area contributed by atoms with Crippen LogP contribution in [0.1, 0.15) is 265 Å². The first-order valence-electron chi connectivity index (χ1n) is 23.0. The fourth-order valence-corrected chi connectivity index (χ4v) is 7.95. The lowest BCUT2D eigenvalue weighted by Gasteiger charge is -2.33. The molecule has 1 atom stereocenters. The second kappa shape index (κ2) is 37.6. The molecule has 1 aliphatic heterocycles. The average molecular weight is 673 g/mol. The van der Waals surface area contributed by atoms with Gasteiger partial charge in [-0.05, 0) is 25.7 Å². The molecule has 286 valence electrons. The van der Waals surface area contributed by atoms with Gasteiger partial charge in [-0.3, -0.25) is 0 Å². The van der Waals surface area contributed by atoms with Gasteiger partial charge in [0.15, 0.2) is 0 Å². The molecule has 0 aromatic carbocycles. The Labute approximate surface area is 305 Å². The van der Waals surface area contributed by atoms with E-state index in [9.17, 15) is 0 Å². The molecule has 0 aromatic rings. The predicted molar refractivity (Wildman–Crippen MR) is 219 cm³/mol. The zero-order valence-electron chi connectivity index (χ0n) is 33.9. The van der Waals surface area contributed by atoms with E-state index in [4.69, 9.17) is 0 Å². The summed E-state index contributed by atoms with van der Waals surface area (Å²) in [6, 6.07) is 0. The zero-order valence-corrected chi connectivity index (χ0v) is 33.9. The molecule has 1 rings (SSSR count). The summed E-state index contributed by atoms with van der Waals surface area (Å²) < 4.78 is 0. The Morgan fingerprint density at radius 2 is 0.479 bits per heavy atom. The van der Waals surface area contributed by atoms with Gasteiger partial charge in [0.2, 0.25) is 0 Å². The first-order chi connectivity index (χ1) is 23.8. The molecule has 2 nitrogen and oxygen atoms in total. The summed E-state index contributed by atoms with van der Waals surface area (Å²) in [6.45, 7) is 9.49. The van der Waals surface area contributed by atoms with Crippen molar-refractivity contribution in [2.75, 3.05) is 13.1 Å². The van der Waals surface area contributed by atoms with Crippen LogP contribution in [0.2, 0.25) is 0 Å². The molecule has 48 heavy (non-hydrogen) atoms. The third-order valence-electron chi connectivity index (χ3n) is 11.3. The molecule has 0 saturated carbocycles. The smallest absolute Gasteiger partial charge is 0.101 e. The van der Waals surface area contributed by atoms with Crippen LogP contribution in [-0.2, 0) is 0 Å². The van der Waals surface area contributed by atoms with Gasteiger partial charge in [-0.15, -0.1) is 0 Å². The molecule has 0 aliphatic carbocycles. The first-order valence-corrected chi connectivity index (χ1v) is 23.0. The van der Waals surface area contributed by atoms with Crippen molar-refractivity contribution < 1.29 is 0 Å². The summed E-state index contributed by atoms with van der Waals surface area (Å²) in [5, 5.41) is 0. The van der Waals surface area contributed by atoms with Crippen molar-refractivity contribution in [2.45, 2.75) is 271 Å². The molecule has 0 saturated heterocycles. The standard InChI is InChI=1S/C46H92N2/c1-4-7-10-13-16-18-20-22-24-26-28-30-32-34-37-40-43-48-45-44-47(42-39-36-15-12-9-6-3)46(48)41-38-35-33-31-29-27-25-23-21-19-17-14-11-8-5-2/h44-46H,4-43H2,1-3H3. The van der Waals surface area contributed by atoms with E-state index >= 15 is 0 Å². The largest absolute Gasteiger partial charge is 0.356 e. The number of hydrogen-bond acceptors (Lipinski definition) is 2. The molecule has 1 aliphatic rings. The molecule has 0 amide bonds. The monoisotopic (exact) mass is 673 g/mol. The van der Waals surface area contributed by atoms with Gasteiger partial charge >= 0.3 is 0 Å². The third-order valence-corrected chi connectivity index (χ3v) is 11.3. The minimum absolute atomic E-state index is 0.638. The third kappa shape index (κ3) is 29.1. The fraction of sp³-hybridized carbons (Fsp3) is 0.957. The van der Waals surface area contributed by atoms with E-state index in [1.165, 1.54) is 257 Å².